The molecule has 0 bridgehead atoms. The van der Waals surface area contributed by atoms with E-state index < -0.39 is 0 Å². The van der Waals surface area contributed by atoms with E-state index in [0.29, 0.717) is 5.89 Å². The zero-order valence-electron chi connectivity index (χ0n) is 6.07. The molecule has 0 radical (unpaired) electrons. The van der Waals surface area contributed by atoms with Crippen molar-refractivity contribution in [2.24, 2.45) is 0 Å². The van der Waals surface area contributed by atoms with Crippen LogP contribution in [0.3, 0.4) is 0 Å². The fraction of sp³-hybridized carbons (Fsp3) is 0. The molecule has 0 aliphatic heterocycles. The maximum absolute atomic E-state index is 5.12. The zero-order valence-corrected chi connectivity index (χ0v) is 7.65. The molecule has 2 aromatic rings. The maximum atomic E-state index is 5.12. The topological polar surface area (TPSA) is 38.9 Å². The summed E-state index contributed by atoms with van der Waals surface area (Å²) in [6.45, 7) is 0. The lowest BCUT2D eigenvalue weighted by atomic mass is 10.3. The van der Waals surface area contributed by atoms with E-state index in [-0.39, 0.29) is 0 Å². The van der Waals surface area contributed by atoms with Gasteiger partial charge in [-0.3, -0.25) is 0 Å². The van der Waals surface area contributed by atoms with Gasteiger partial charge in [-0.1, -0.05) is 0 Å². The number of oxazole rings is 1. The minimum atomic E-state index is 0.579. The molecule has 0 saturated heterocycles. The Hall–Kier alpha value is -1.16. The molecule has 0 unspecified atom stereocenters. The molecule has 0 aliphatic carbocycles. The van der Waals surface area contributed by atoms with Crippen LogP contribution < -0.4 is 0 Å². The van der Waals surface area contributed by atoms with Crippen molar-refractivity contribution in [1.29, 1.82) is 0 Å². The van der Waals surface area contributed by atoms with Gasteiger partial charge in [0.15, 0.2) is 0 Å². The highest BCUT2D eigenvalue weighted by atomic mass is 79.9. The lowest BCUT2D eigenvalue weighted by Crippen LogP contribution is -1.81. The molecule has 0 spiro atoms. The van der Waals surface area contributed by atoms with Gasteiger partial charge < -0.3 is 4.42 Å². The average Bonchev–Trinajstić information content (AvgIpc) is 2.57. The van der Waals surface area contributed by atoms with Crippen molar-refractivity contribution in [1.82, 2.24) is 9.97 Å². The maximum Gasteiger partial charge on any atom is 0.228 e. The number of pyridine rings is 1. The molecular formula is C8H5BrN2O. The van der Waals surface area contributed by atoms with Crippen molar-refractivity contribution in [3.8, 4) is 11.5 Å². The van der Waals surface area contributed by atoms with E-state index in [9.17, 15) is 0 Å². The third kappa shape index (κ3) is 1.25. The van der Waals surface area contributed by atoms with E-state index in [1.807, 2.05) is 12.1 Å². The monoisotopic (exact) mass is 224 g/mol. The second-order valence-electron chi connectivity index (χ2n) is 2.18. The fourth-order valence-electron chi connectivity index (χ4n) is 0.902. The van der Waals surface area contributed by atoms with E-state index in [4.69, 9.17) is 4.42 Å². The Balaban J connectivity index is 2.55. The highest BCUT2D eigenvalue weighted by Crippen LogP contribution is 2.23. The van der Waals surface area contributed by atoms with Crippen molar-refractivity contribution >= 4 is 15.9 Å². The van der Waals surface area contributed by atoms with Crippen LogP contribution in [0.5, 0.6) is 0 Å². The Morgan fingerprint density at radius 1 is 1.25 bits per heavy atom. The number of hydrogen-bond donors (Lipinski definition) is 0. The van der Waals surface area contributed by atoms with Crippen molar-refractivity contribution in [2.45, 2.75) is 0 Å². The second-order valence-corrected chi connectivity index (χ2v) is 2.93. The van der Waals surface area contributed by atoms with Crippen LogP contribution in [0.4, 0.5) is 0 Å². The van der Waals surface area contributed by atoms with Gasteiger partial charge in [-0.15, -0.1) is 0 Å². The third-order valence-electron chi connectivity index (χ3n) is 1.42. The van der Waals surface area contributed by atoms with Crippen LogP contribution in [0, 0.1) is 0 Å². The number of hydrogen-bond acceptors (Lipinski definition) is 3. The lowest BCUT2D eigenvalue weighted by molar-refractivity contribution is 0.574. The zero-order chi connectivity index (χ0) is 8.39. The largest absolute Gasteiger partial charge is 0.444 e. The van der Waals surface area contributed by atoms with Crippen LogP contribution >= 0.6 is 15.9 Å². The van der Waals surface area contributed by atoms with E-state index in [1.54, 1.807) is 12.4 Å². The number of aromatic nitrogens is 2. The van der Waals surface area contributed by atoms with E-state index in [1.165, 1.54) is 6.26 Å². The van der Waals surface area contributed by atoms with Crippen molar-refractivity contribution in [3.63, 3.8) is 0 Å². The molecular weight excluding hydrogens is 220 g/mol. The molecule has 2 heterocycles. The number of rotatable bonds is 1. The average molecular weight is 225 g/mol. The van der Waals surface area contributed by atoms with Gasteiger partial charge in [-0.2, -0.15) is 0 Å². The quantitative estimate of drug-likeness (QED) is 0.700. The summed E-state index contributed by atoms with van der Waals surface area (Å²) in [5.41, 5.74) is 0.863. The van der Waals surface area contributed by atoms with Crippen LogP contribution in [-0.4, -0.2) is 9.97 Å². The number of halogens is 1. The van der Waals surface area contributed by atoms with Crippen molar-refractivity contribution < 1.29 is 4.42 Å². The Kier molecular flexibility index (Phi) is 1.91. The minimum absolute atomic E-state index is 0.579. The Morgan fingerprint density at radius 3 is 2.83 bits per heavy atom. The van der Waals surface area contributed by atoms with Crippen LogP contribution in [0.15, 0.2) is 39.8 Å². The van der Waals surface area contributed by atoms with Gasteiger partial charge in [0.1, 0.15) is 10.9 Å². The predicted octanol–water partition coefficient (Wildman–Crippen LogP) is 2.50. The number of nitrogens with zero attached hydrogens (tertiary/aromatic N) is 2. The van der Waals surface area contributed by atoms with Gasteiger partial charge in [0.25, 0.3) is 0 Å². The predicted molar refractivity (Wildman–Crippen MR) is 47.4 cm³/mol. The molecule has 3 nitrogen and oxygen atoms in total. The molecule has 60 valence electrons. The summed E-state index contributed by atoms with van der Waals surface area (Å²) in [6.07, 6.45) is 4.85. The first-order valence-corrected chi connectivity index (χ1v) is 4.17. The first-order chi connectivity index (χ1) is 5.88. The highest BCUT2D eigenvalue weighted by molar-refractivity contribution is 9.10. The van der Waals surface area contributed by atoms with Gasteiger partial charge >= 0.3 is 0 Å². The first kappa shape index (κ1) is 7.49. The van der Waals surface area contributed by atoms with Crippen LogP contribution in [-0.2, 0) is 0 Å². The lowest BCUT2D eigenvalue weighted by Gasteiger charge is -1.95. The van der Waals surface area contributed by atoms with Gasteiger partial charge in [0.2, 0.25) is 5.89 Å². The first-order valence-electron chi connectivity index (χ1n) is 3.38. The molecule has 0 aromatic carbocycles. The van der Waals surface area contributed by atoms with Crippen LogP contribution in [0.25, 0.3) is 11.5 Å². The standard InChI is InChI=1S/C8H5BrN2O/c9-7-6(2-1-3-10-7)8-11-4-5-12-8/h1-5H. The highest BCUT2D eigenvalue weighted by Gasteiger charge is 2.05. The molecule has 12 heavy (non-hydrogen) atoms. The summed E-state index contributed by atoms with van der Waals surface area (Å²) in [7, 11) is 0. The normalized spacial score (nSPS) is 10.1. The smallest absolute Gasteiger partial charge is 0.228 e. The molecule has 2 aromatic heterocycles. The fourth-order valence-corrected chi connectivity index (χ4v) is 1.32. The van der Waals surface area contributed by atoms with Crippen molar-refractivity contribution in [3.05, 3.63) is 35.4 Å². The third-order valence-corrected chi connectivity index (χ3v) is 2.05. The summed E-state index contributed by atoms with van der Waals surface area (Å²) < 4.78 is 5.86. The molecule has 0 atom stereocenters. The van der Waals surface area contributed by atoms with Crippen LogP contribution in [0.1, 0.15) is 0 Å². The van der Waals surface area contributed by atoms with Gasteiger partial charge in [0, 0.05) is 6.20 Å². The van der Waals surface area contributed by atoms with Gasteiger partial charge in [-0.25, -0.2) is 9.97 Å². The van der Waals surface area contributed by atoms with E-state index in [0.717, 1.165) is 10.2 Å². The van der Waals surface area contributed by atoms with E-state index >= 15 is 0 Å². The molecule has 0 N–H and O–H groups in total. The Morgan fingerprint density at radius 2 is 2.17 bits per heavy atom. The molecule has 2 rings (SSSR count). The second kappa shape index (κ2) is 3.06. The SMILES string of the molecule is Brc1ncccc1-c1ncco1. The molecule has 0 amide bonds. The molecule has 4 heteroatoms. The summed E-state index contributed by atoms with van der Waals surface area (Å²) in [4.78, 5) is 8.06. The minimum Gasteiger partial charge on any atom is -0.444 e. The Labute approximate surface area is 77.6 Å². The van der Waals surface area contributed by atoms with Gasteiger partial charge in [0.05, 0.1) is 11.8 Å². The summed E-state index contributed by atoms with van der Waals surface area (Å²) in [6, 6.07) is 3.73. The summed E-state index contributed by atoms with van der Waals surface area (Å²) >= 11 is 3.31. The van der Waals surface area contributed by atoms with Crippen LogP contribution in [0.2, 0.25) is 0 Å². The van der Waals surface area contributed by atoms with E-state index in [2.05, 4.69) is 25.9 Å². The molecule has 0 saturated carbocycles. The molecule has 0 aliphatic rings. The van der Waals surface area contributed by atoms with Crippen molar-refractivity contribution in [2.75, 3.05) is 0 Å². The molecule has 0 fully saturated rings. The van der Waals surface area contributed by atoms with Gasteiger partial charge in [-0.05, 0) is 28.1 Å². The Bertz CT molecular complexity index is 372. The summed E-state index contributed by atoms with van der Waals surface area (Å²) in [5, 5.41) is 0. The summed E-state index contributed by atoms with van der Waals surface area (Å²) in [5.74, 6) is 0.579.